The molecule has 0 amide bonds. The van der Waals surface area contributed by atoms with Gasteiger partial charge in [-0.1, -0.05) is 54.6 Å². The van der Waals surface area contributed by atoms with Crippen LogP contribution in [0.25, 0.3) is 6.08 Å². The summed E-state index contributed by atoms with van der Waals surface area (Å²) in [5.74, 6) is -0.606. The zero-order valence-electron chi connectivity index (χ0n) is 13.0. The van der Waals surface area contributed by atoms with Crippen LogP contribution in [0.1, 0.15) is 34.0 Å². The number of aliphatic imine (C=N–C) groups is 1. The van der Waals surface area contributed by atoms with E-state index in [0.29, 0.717) is 17.7 Å². The van der Waals surface area contributed by atoms with E-state index >= 15 is 0 Å². The van der Waals surface area contributed by atoms with Crippen molar-refractivity contribution >= 4 is 23.7 Å². The molecule has 1 heterocycles. The second-order valence-corrected chi connectivity index (χ2v) is 5.42. The molecule has 0 unspecified atom stereocenters. The molecule has 0 aliphatic carbocycles. The zero-order valence-corrected chi connectivity index (χ0v) is 13.0. The van der Waals surface area contributed by atoms with Crippen LogP contribution in [0.5, 0.6) is 0 Å². The smallest absolute Gasteiger partial charge is 0.339 e. The minimum absolute atomic E-state index is 0.277. The highest BCUT2D eigenvalue weighted by atomic mass is 16.5. The average Bonchev–Trinajstić information content (AvgIpc) is 2.90. The number of hydrogen-bond donors (Lipinski definition) is 2. The third-order valence-electron chi connectivity index (χ3n) is 3.70. The molecule has 0 radical (unpaired) electrons. The van der Waals surface area contributed by atoms with Gasteiger partial charge in [-0.25, -0.2) is 9.79 Å². The number of nitrogens with one attached hydrogen (secondary N) is 1. The maximum Gasteiger partial charge on any atom is 0.339 e. The highest BCUT2D eigenvalue weighted by Crippen LogP contribution is 2.33. The number of rotatable bonds is 4. The molecule has 3 rings (SSSR count). The number of carbonyl (C=O) groups excluding carboxylic acids is 1. The van der Waals surface area contributed by atoms with E-state index in [4.69, 9.17) is 15.9 Å². The summed E-state index contributed by atoms with van der Waals surface area (Å²) in [6.45, 7) is 0. The van der Waals surface area contributed by atoms with Gasteiger partial charge in [0.05, 0.1) is 5.56 Å². The number of ether oxygens (including phenoxy) is 1. The van der Waals surface area contributed by atoms with Gasteiger partial charge in [-0.05, 0) is 17.7 Å². The molecule has 24 heavy (non-hydrogen) atoms. The Morgan fingerprint density at radius 3 is 2.62 bits per heavy atom. The van der Waals surface area contributed by atoms with E-state index in [0.717, 1.165) is 11.1 Å². The van der Waals surface area contributed by atoms with Crippen molar-refractivity contribution in [3.05, 3.63) is 77.4 Å². The number of carbonyl (C=O) groups is 1. The maximum absolute atomic E-state index is 11.9. The molecule has 0 saturated heterocycles. The summed E-state index contributed by atoms with van der Waals surface area (Å²) in [6, 6.07) is 17.1. The molecule has 120 valence electrons. The fraction of sp³-hybridized carbons (Fsp3) is 0.105. The monoisotopic (exact) mass is 319 g/mol. The van der Waals surface area contributed by atoms with Crippen molar-refractivity contribution in [1.82, 2.24) is 0 Å². The molecule has 1 aliphatic rings. The van der Waals surface area contributed by atoms with Crippen molar-refractivity contribution in [3.8, 4) is 0 Å². The Balaban J connectivity index is 1.83. The normalized spacial score (nSPS) is 16.9. The van der Waals surface area contributed by atoms with Crippen LogP contribution < -0.4 is 5.73 Å². The number of benzene rings is 2. The highest BCUT2D eigenvalue weighted by molar-refractivity contribution is 6.05. The molecule has 2 aromatic rings. The van der Waals surface area contributed by atoms with Crippen molar-refractivity contribution < 1.29 is 9.53 Å². The van der Waals surface area contributed by atoms with Crippen molar-refractivity contribution in [2.75, 3.05) is 0 Å². The van der Waals surface area contributed by atoms with E-state index in [9.17, 15) is 4.79 Å². The summed E-state index contributed by atoms with van der Waals surface area (Å²) >= 11 is 0. The molecule has 0 fully saturated rings. The van der Waals surface area contributed by atoms with Crippen LogP contribution in [-0.2, 0) is 4.74 Å². The van der Waals surface area contributed by atoms with Crippen LogP contribution in [0.2, 0.25) is 0 Å². The third-order valence-corrected chi connectivity index (χ3v) is 3.70. The number of allylic oxidation sites excluding steroid dienone is 1. The second kappa shape index (κ2) is 6.91. The van der Waals surface area contributed by atoms with Crippen LogP contribution in [0.4, 0.5) is 0 Å². The molecule has 2 aromatic carbocycles. The molecule has 0 spiro atoms. The standard InChI is InChI=1S/C19H17N3O2/c20-19(21)22-14(11-10-13-6-2-1-3-7-13)12-17-15-8-4-5-9-16(15)18(23)24-17/h1-11,17H,12H2,(H3,20,21)/b11-10+,22-14?/t17-/m1/s1. The van der Waals surface area contributed by atoms with Crippen molar-refractivity contribution in [2.45, 2.75) is 12.5 Å². The zero-order chi connectivity index (χ0) is 16.9. The van der Waals surface area contributed by atoms with Gasteiger partial charge < -0.3 is 10.5 Å². The first-order valence-electron chi connectivity index (χ1n) is 7.58. The molecular weight excluding hydrogens is 302 g/mol. The third kappa shape index (κ3) is 3.57. The molecule has 0 bridgehead atoms. The van der Waals surface area contributed by atoms with E-state index < -0.39 is 6.10 Å². The lowest BCUT2D eigenvalue weighted by Crippen LogP contribution is -2.12. The average molecular weight is 319 g/mol. The van der Waals surface area contributed by atoms with Crippen LogP contribution in [-0.4, -0.2) is 17.6 Å². The lowest BCUT2D eigenvalue weighted by atomic mass is 10.0. The molecule has 3 N–H and O–H groups in total. The van der Waals surface area contributed by atoms with Gasteiger partial charge in [-0.3, -0.25) is 5.41 Å². The van der Waals surface area contributed by atoms with E-state index in [1.165, 1.54) is 0 Å². The lowest BCUT2D eigenvalue weighted by Gasteiger charge is -2.10. The van der Waals surface area contributed by atoms with E-state index in [1.807, 2.05) is 54.6 Å². The van der Waals surface area contributed by atoms with Crippen molar-refractivity contribution in [1.29, 1.82) is 5.41 Å². The van der Waals surface area contributed by atoms with Crippen molar-refractivity contribution in [2.24, 2.45) is 10.7 Å². The molecule has 1 atom stereocenters. The summed E-state index contributed by atoms with van der Waals surface area (Å²) in [4.78, 5) is 16.0. The number of nitrogens with two attached hydrogens (primary N) is 1. The Labute approximate surface area is 140 Å². The van der Waals surface area contributed by atoms with Gasteiger partial charge in [0, 0.05) is 17.7 Å². The number of nitrogens with zero attached hydrogens (tertiary/aromatic N) is 1. The summed E-state index contributed by atoms with van der Waals surface area (Å²) in [6.07, 6.45) is 3.65. The summed E-state index contributed by atoms with van der Waals surface area (Å²) in [5, 5.41) is 7.42. The molecule has 5 heteroatoms. The van der Waals surface area contributed by atoms with Gasteiger partial charge in [0.25, 0.3) is 0 Å². The van der Waals surface area contributed by atoms with Gasteiger partial charge >= 0.3 is 5.97 Å². The Hall–Kier alpha value is -3.21. The lowest BCUT2D eigenvalue weighted by molar-refractivity contribution is 0.0401. The number of cyclic esters (lactones) is 1. The Morgan fingerprint density at radius 1 is 1.17 bits per heavy atom. The fourth-order valence-corrected chi connectivity index (χ4v) is 2.62. The molecular formula is C19H17N3O2. The van der Waals surface area contributed by atoms with E-state index in [-0.39, 0.29) is 11.9 Å². The summed E-state index contributed by atoms with van der Waals surface area (Å²) in [7, 11) is 0. The Morgan fingerprint density at radius 2 is 1.88 bits per heavy atom. The quantitative estimate of drug-likeness (QED) is 0.514. The van der Waals surface area contributed by atoms with Crippen LogP contribution in [0, 0.1) is 5.41 Å². The second-order valence-electron chi connectivity index (χ2n) is 5.42. The van der Waals surface area contributed by atoms with Crippen LogP contribution >= 0.6 is 0 Å². The fourth-order valence-electron chi connectivity index (χ4n) is 2.62. The molecule has 0 saturated carbocycles. The number of hydrogen-bond acceptors (Lipinski definition) is 3. The van der Waals surface area contributed by atoms with E-state index in [2.05, 4.69) is 4.99 Å². The number of esters is 1. The van der Waals surface area contributed by atoms with Crippen LogP contribution in [0.3, 0.4) is 0 Å². The maximum atomic E-state index is 11.9. The van der Waals surface area contributed by atoms with Gasteiger partial charge in [0.2, 0.25) is 5.96 Å². The van der Waals surface area contributed by atoms with Gasteiger partial charge in [0.15, 0.2) is 0 Å². The first kappa shape index (κ1) is 15.7. The Kier molecular flexibility index (Phi) is 4.52. The summed E-state index contributed by atoms with van der Waals surface area (Å²) in [5.41, 5.74) is 8.43. The van der Waals surface area contributed by atoms with Crippen LogP contribution in [0.15, 0.2) is 65.7 Å². The number of fused-ring (bicyclic) bond motifs is 1. The van der Waals surface area contributed by atoms with Gasteiger partial charge in [-0.2, -0.15) is 0 Å². The predicted molar refractivity (Wildman–Crippen MR) is 94.0 cm³/mol. The highest BCUT2D eigenvalue weighted by Gasteiger charge is 2.31. The SMILES string of the molecule is N=C(N)N=C(/C=C/c1ccccc1)C[C@H]1OC(=O)c2ccccc21. The molecule has 1 aliphatic heterocycles. The van der Waals surface area contributed by atoms with Gasteiger partial charge in [0.1, 0.15) is 6.10 Å². The predicted octanol–water partition coefficient (Wildman–Crippen LogP) is 3.34. The topological polar surface area (TPSA) is 88.5 Å². The molecule has 5 nitrogen and oxygen atoms in total. The molecule has 0 aromatic heterocycles. The largest absolute Gasteiger partial charge is 0.453 e. The summed E-state index contributed by atoms with van der Waals surface area (Å²) < 4.78 is 5.43. The van der Waals surface area contributed by atoms with Crippen molar-refractivity contribution in [3.63, 3.8) is 0 Å². The minimum atomic E-state index is -0.410. The minimum Gasteiger partial charge on any atom is -0.453 e. The van der Waals surface area contributed by atoms with E-state index in [1.54, 1.807) is 12.1 Å². The first-order valence-corrected chi connectivity index (χ1v) is 7.58. The van der Waals surface area contributed by atoms with Gasteiger partial charge in [-0.15, -0.1) is 0 Å². The number of guanidine groups is 1. The first-order chi connectivity index (χ1) is 11.6. The Bertz CT molecular complexity index is 826.